The van der Waals surface area contributed by atoms with Gasteiger partial charge in [0.05, 0.1) is 5.56 Å². The van der Waals surface area contributed by atoms with E-state index in [4.69, 9.17) is 0 Å². The zero-order chi connectivity index (χ0) is 15.0. The summed E-state index contributed by atoms with van der Waals surface area (Å²) in [5.41, 5.74) is 3.16. The quantitative estimate of drug-likeness (QED) is 0.897. The number of aromatic amines is 1. The van der Waals surface area contributed by atoms with Gasteiger partial charge in [0.2, 0.25) is 0 Å². The summed E-state index contributed by atoms with van der Waals surface area (Å²) in [4.78, 5) is 17.8. The highest BCUT2D eigenvalue weighted by molar-refractivity contribution is 5.95. The first-order chi connectivity index (χ1) is 9.99. The van der Waals surface area contributed by atoms with Gasteiger partial charge in [-0.2, -0.15) is 0 Å². The lowest BCUT2D eigenvalue weighted by Gasteiger charge is -2.25. The van der Waals surface area contributed by atoms with Crippen molar-refractivity contribution < 1.29 is 4.79 Å². The van der Waals surface area contributed by atoms with Gasteiger partial charge in [0.1, 0.15) is 0 Å². The minimum Gasteiger partial charge on any atom is -0.365 e. The second-order valence-electron chi connectivity index (χ2n) is 6.65. The number of aromatic nitrogens is 1. The van der Waals surface area contributed by atoms with Crippen molar-refractivity contribution in [2.45, 2.75) is 26.7 Å². The normalized spacial score (nSPS) is 20.7. The van der Waals surface area contributed by atoms with Gasteiger partial charge in [-0.15, -0.1) is 0 Å². The maximum Gasteiger partial charge on any atom is 0.255 e. The second kappa shape index (κ2) is 5.06. The van der Waals surface area contributed by atoms with E-state index in [9.17, 15) is 4.79 Å². The molecule has 0 aliphatic carbocycles. The van der Waals surface area contributed by atoms with Crippen LogP contribution in [0, 0.1) is 12.3 Å². The fourth-order valence-electron chi connectivity index (χ4n) is 3.39. The predicted octanol–water partition coefficient (Wildman–Crippen LogP) is 3.59. The third-order valence-electron chi connectivity index (χ3n) is 4.62. The minimum absolute atomic E-state index is 0.0984. The number of carbonyl (C=O) groups excluding carboxylic acids is 1. The number of aryl methyl sites for hydroxylation is 1. The Bertz CT molecular complexity index is 642. The van der Waals surface area contributed by atoms with E-state index >= 15 is 0 Å². The molecule has 1 N–H and O–H groups in total. The topological polar surface area (TPSA) is 36.1 Å². The van der Waals surface area contributed by atoms with Crippen molar-refractivity contribution in [1.29, 1.82) is 0 Å². The first kappa shape index (κ1) is 13.9. The minimum atomic E-state index is 0.0984. The summed E-state index contributed by atoms with van der Waals surface area (Å²) in [5.74, 6) is 0.530. The molecule has 1 aliphatic heterocycles. The number of nitrogens with one attached hydrogen (secondary N) is 1. The summed E-state index contributed by atoms with van der Waals surface area (Å²) >= 11 is 0. The zero-order valence-electron chi connectivity index (χ0n) is 12.9. The third kappa shape index (κ3) is 2.48. The van der Waals surface area contributed by atoms with Crippen LogP contribution < -0.4 is 0 Å². The number of nitrogens with zero attached hydrogens (tertiary/aromatic N) is 1. The molecular weight excluding hydrogens is 260 g/mol. The second-order valence-corrected chi connectivity index (χ2v) is 6.65. The molecule has 0 spiro atoms. The van der Waals surface area contributed by atoms with Crippen molar-refractivity contribution in [3.05, 3.63) is 59.4 Å². The molecule has 1 saturated heterocycles. The molecule has 0 radical (unpaired) electrons. The van der Waals surface area contributed by atoms with Crippen molar-refractivity contribution in [2.24, 2.45) is 5.41 Å². The van der Waals surface area contributed by atoms with Gasteiger partial charge in [0.15, 0.2) is 0 Å². The van der Waals surface area contributed by atoms with E-state index in [1.807, 2.05) is 30.2 Å². The molecule has 1 fully saturated rings. The number of benzene rings is 1. The lowest BCUT2D eigenvalue weighted by atomic mass is 9.78. The van der Waals surface area contributed by atoms with Crippen LogP contribution in [0.2, 0.25) is 0 Å². The van der Waals surface area contributed by atoms with Crippen molar-refractivity contribution in [1.82, 2.24) is 9.88 Å². The third-order valence-corrected chi connectivity index (χ3v) is 4.62. The number of likely N-dealkylation sites (tertiary alicyclic amines) is 1. The molecule has 1 atom stereocenters. The Labute approximate surface area is 126 Å². The van der Waals surface area contributed by atoms with Gasteiger partial charge >= 0.3 is 0 Å². The number of rotatable bonds is 2. The summed E-state index contributed by atoms with van der Waals surface area (Å²) < 4.78 is 0. The molecule has 2 aromatic rings. The van der Waals surface area contributed by atoms with Crippen molar-refractivity contribution >= 4 is 5.91 Å². The molecule has 1 aromatic carbocycles. The molecule has 0 bridgehead atoms. The first-order valence-corrected chi connectivity index (χ1v) is 7.47. The van der Waals surface area contributed by atoms with Gasteiger partial charge in [-0.1, -0.05) is 44.2 Å². The van der Waals surface area contributed by atoms with Crippen LogP contribution in [-0.2, 0) is 0 Å². The molecule has 3 heteroatoms. The Kier molecular flexibility index (Phi) is 3.36. The maximum atomic E-state index is 12.7. The van der Waals surface area contributed by atoms with Crippen LogP contribution >= 0.6 is 0 Å². The molecular formula is C18H22N2O. The molecule has 110 valence electrons. The average molecular weight is 282 g/mol. The van der Waals surface area contributed by atoms with E-state index in [0.717, 1.165) is 24.3 Å². The molecule has 2 heterocycles. The number of hydrogen-bond donors (Lipinski definition) is 1. The van der Waals surface area contributed by atoms with E-state index < -0.39 is 0 Å². The first-order valence-electron chi connectivity index (χ1n) is 7.47. The molecule has 1 aliphatic rings. The Balaban J connectivity index is 1.85. The highest BCUT2D eigenvalue weighted by Crippen LogP contribution is 2.42. The van der Waals surface area contributed by atoms with Crippen LogP contribution in [-0.4, -0.2) is 28.9 Å². The van der Waals surface area contributed by atoms with Gasteiger partial charge in [0, 0.05) is 30.9 Å². The van der Waals surface area contributed by atoms with E-state index in [1.165, 1.54) is 5.56 Å². The number of carbonyl (C=O) groups is 1. The van der Waals surface area contributed by atoms with E-state index in [2.05, 4.69) is 43.1 Å². The van der Waals surface area contributed by atoms with Crippen LogP contribution in [0.25, 0.3) is 0 Å². The summed E-state index contributed by atoms with van der Waals surface area (Å²) in [6.45, 7) is 8.05. The monoisotopic (exact) mass is 282 g/mol. The Hall–Kier alpha value is -2.03. The zero-order valence-corrected chi connectivity index (χ0v) is 12.9. The number of H-pyrrole nitrogens is 1. The molecule has 1 amide bonds. The van der Waals surface area contributed by atoms with E-state index in [1.54, 1.807) is 0 Å². The fourth-order valence-corrected chi connectivity index (χ4v) is 3.39. The van der Waals surface area contributed by atoms with Crippen molar-refractivity contribution in [3.63, 3.8) is 0 Å². The van der Waals surface area contributed by atoms with Gasteiger partial charge in [-0.3, -0.25) is 4.79 Å². The van der Waals surface area contributed by atoms with Gasteiger partial charge in [-0.05, 0) is 24.0 Å². The fraction of sp³-hybridized carbons (Fsp3) is 0.389. The van der Waals surface area contributed by atoms with Gasteiger partial charge in [-0.25, -0.2) is 0 Å². The van der Waals surface area contributed by atoms with Crippen LogP contribution in [0.15, 0.2) is 42.6 Å². The number of amides is 1. The molecule has 21 heavy (non-hydrogen) atoms. The van der Waals surface area contributed by atoms with Crippen LogP contribution in [0.5, 0.6) is 0 Å². The van der Waals surface area contributed by atoms with Crippen molar-refractivity contribution in [2.75, 3.05) is 13.1 Å². The number of hydrogen-bond acceptors (Lipinski definition) is 1. The lowest BCUT2D eigenvalue weighted by molar-refractivity contribution is 0.0777. The van der Waals surface area contributed by atoms with Crippen LogP contribution in [0.3, 0.4) is 0 Å². The summed E-state index contributed by atoms with van der Waals surface area (Å²) in [5, 5.41) is 0. The Morgan fingerprint density at radius 2 is 1.95 bits per heavy atom. The van der Waals surface area contributed by atoms with Gasteiger partial charge in [0.25, 0.3) is 5.91 Å². The maximum absolute atomic E-state index is 12.7. The largest absolute Gasteiger partial charge is 0.365 e. The Morgan fingerprint density at radius 3 is 2.57 bits per heavy atom. The van der Waals surface area contributed by atoms with Crippen LogP contribution in [0.4, 0.5) is 0 Å². The van der Waals surface area contributed by atoms with Crippen molar-refractivity contribution in [3.8, 4) is 0 Å². The van der Waals surface area contributed by atoms with E-state index in [-0.39, 0.29) is 11.3 Å². The lowest BCUT2D eigenvalue weighted by Crippen LogP contribution is -2.30. The molecule has 3 rings (SSSR count). The van der Waals surface area contributed by atoms with Gasteiger partial charge < -0.3 is 9.88 Å². The average Bonchev–Trinajstić information content (AvgIpc) is 3.02. The standard InChI is InChI=1S/C18H22N2O/c1-13-15(9-10-19-13)17(21)20-11-16(18(2,3)12-20)14-7-5-4-6-8-14/h4-10,16,19H,11-12H2,1-3H3. The summed E-state index contributed by atoms with van der Waals surface area (Å²) in [7, 11) is 0. The molecule has 0 saturated carbocycles. The predicted molar refractivity (Wildman–Crippen MR) is 84.4 cm³/mol. The SMILES string of the molecule is Cc1[nH]ccc1C(=O)N1CC(c2ccccc2)C(C)(C)C1. The summed E-state index contributed by atoms with van der Waals surface area (Å²) in [6.07, 6.45) is 1.83. The smallest absolute Gasteiger partial charge is 0.255 e. The highest BCUT2D eigenvalue weighted by Gasteiger charge is 2.42. The van der Waals surface area contributed by atoms with Crippen LogP contribution in [0.1, 0.15) is 41.4 Å². The molecule has 1 aromatic heterocycles. The molecule has 1 unspecified atom stereocenters. The summed E-state index contributed by atoms with van der Waals surface area (Å²) in [6, 6.07) is 12.4. The Morgan fingerprint density at radius 1 is 1.24 bits per heavy atom. The van der Waals surface area contributed by atoms with E-state index in [0.29, 0.717) is 5.92 Å². The molecule has 3 nitrogen and oxygen atoms in total. The highest BCUT2D eigenvalue weighted by atomic mass is 16.2.